The van der Waals surface area contributed by atoms with E-state index in [4.69, 9.17) is 11.6 Å². The van der Waals surface area contributed by atoms with E-state index in [1.54, 1.807) is 30.3 Å². The normalized spacial score (nSPS) is 11.5. The molecular weight excluding hydrogens is 354 g/mol. The number of rotatable bonds is 4. The molecule has 0 atom stereocenters. The van der Waals surface area contributed by atoms with Gasteiger partial charge in [0.05, 0.1) is 22.2 Å². The number of carbonyl (C=O) groups is 1. The summed E-state index contributed by atoms with van der Waals surface area (Å²) in [5.41, 5.74) is 1.77. The van der Waals surface area contributed by atoms with E-state index < -0.39 is 5.97 Å². The third-order valence-corrected chi connectivity index (χ3v) is 4.19. The fraction of sp³-hybridized carbons (Fsp3) is 0.0526. The maximum Gasteiger partial charge on any atom is 0.280 e. The third kappa shape index (κ3) is 3.41. The highest BCUT2D eigenvalue weighted by atomic mass is 35.5. The topological polar surface area (TPSA) is 90.0 Å². The highest BCUT2D eigenvalue weighted by Gasteiger charge is 2.05. The summed E-state index contributed by atoms with van der Waals surface area (Å²) in [7, 11) is 0. The standard InChI is InChI=1S/C19H16ClN3O3/c1-11-3-4-13(19(25)26)9-17(11)21-10-16-12(2)22-23(18(16)24)15-7-5-14(20)6-8-15/h3-10,21-22H,2H2,1H3,(H,25,26)/p-1/b16-10-. The Morgan fingerprint density at radius 2 is 1.96 bits per heavy atom. The minimum Gasteiger partial charge on any atom is -0.545 e. The Bertz CT molecular complexity index is 1140. The van der Waals surface area contributed by atoms with Crippen LogP contribution in [0.15, 0.2) is 47.3 Å². The predicted molar refractivity (Wildman–Crippen MR) is 99.8 cm³/mol. The van der Waals surface area contributed by atoms with Gasteiger partial charge < -0.3 is 15.2 Å². The molecule has 7 heteroatoms. The van der Waals surface area contributed by atoms with Crippen molar-refractivity contribution in [3.63, 3.8) is 0 Å². The van der Waals surface area contributed by atoms with Crippen molar-refractivity contribution in [2.45, 2.75) is 6.92 Å². The highest BCUT2D eigenvalue weighted by molar-refractivity contribution is 6.30. The molecule has 0 aliphatic rings. The summed E-state index contributed by atoms with van der Waals surface area (Å²) in [6.45, 7) is 5.67. The second kappa shape index (κ2) is 6.93. The number of anilines is 1. The van der Waals surface area contributed by atoms with Crippen LogP contribution in [-0.2, 0) is 0 Å². The molecule has 0 unspecified atom stereocenters. The van der Waals surface area contributed by atoms with Gasteiger partial charge in [-0.3, -0.25) is 9.89 Å². The van der Waals surface area contributed by atoms with Crippen LogP contribution in [0.25, 0.3) is 18.5 Å². The van der Waals surface area contributed by atoms with Crippen LogP contribution in [-0.4, -0.2) is 15.7 Å². The van der Waals surface area contributed by atoms with Crippen LogP contribution < -0.4 is 26.6 Å². The average Bonchev–Trinajstić information content (AvgIpc) is 2.89. The van der Waals surface area contributed by atoms with Crippen molar-refractivity contribution in [2.75, 3.05) is 5.32 Å². The van der Waals surface area contributed by atoms with Crippen LogP contribution in [0.3, 0.4) is 0 Å². The molecule has 0 aliphatic heterocycles. The smallest absolute Gasteiger partial charge is 0.280 e. The predicted octanol–water partition coefficient (Wildman–Crippen LogP) is 0.751. The number of carboxylic acid groups (broad SMARTS) is 1. The first-order valence-corrected chi connectivity index (χ1v) is 8.09. The van der Waals surface area contributed by atoms with E-state index >= 15 is 0 Å². The average molecular weight is 369 g/mol. The van der Waals surface area contributed by atoms with E-state index in [1.165, 1.54) is 23.0 Å². The van der Waals surface area contributed by atoms with Crippen molar-refractivity contribution in [3.05, 3.63) is 79.5 Å². The van der Waals surface area contributed by atoms with Gasteiger partial charge in [0.15, 0.2) is 0 Å². The number of hydrogen-bond donors (Lipinski definition) is 2. The Balaban J connectivity index is 2.02. The summed E-state index contributed by atoms with van der Waals surface area (Å²) in [6.07, 6.45) is 1.50. The van der Waals surface area contributed by atoms with Gasteiger partial charge in [0.1, 0.15) is 0 Å². The number of halogens is 1. The maximum absolute atomic E-state index is 12.6. The van der Waals surface area contributed by atoms with Crippen molar-refractivity contribution in [2.24, 2.45) is 0 Å². The largest absolute Gasteiger partial charge is 0.545 e. The van der Waals surface area contributed by atoms with E-state index in [2.05, 4.69) is 17.0 Å². The number of aryl methyl sites for hydroxylation is 1. The molecule has 0 fully saturated rings. The van der Waals surface area contributed by atoms with Crippen LogP contribution in [0.2, 0.25) is 5.02 Å². The van der Waals surface area contributed by atoms with Gasteiger partial charge in [0.25, 0.3) is 5.56 Å². The lowest BCUT2D eigenvalue weighted by Crippen LogP contribution is -2.34. The molecule has 3 rings (SSSR count). The second-order valence-corrected chi connectivity index (χ2v) is 6.16. The maximum atomic E-state index is 12.6. The van der Waals surface area contributed by atoms with Crippen LogP contribution in [0, 0.1) is 6.92 Å². The minimum absolute atomic E-state index is 0.0500. The monoisotopic (exact) mass is 368 g/mol. The summed E-state index contributed by atoms with van der Waals surface area (Å²) < 4.78 is 1.36. The van der Waals surface area contributed by atoms with Crippen molar-refractivity contribution >= 4 is 36.0 Å². The van der Waals surface area contributed by atoms with Gasteiger partial charge in [-0.2, -0.15) is 0 Å². The van der Waals surface area contributed by atoms with E-state index in [0.717, 1.165) is 5.56 Å². The molecule has 0 radical (unpaired) electrons. The van der Waals surface area contributed by atoms with Crippen LogP contribution >= 0.6 is 11.6 Å². The molecule has 26 heavy (non-hydrogen) atoms. The fourth-order valence-corrected chi connectivity index (χ4v) is 2.60. The zero-order valence-electron chi connectivity index (χ0n) is 13.9. The Labute approximate surface area is 153 Å². The van der Waals surface area contributed by atoms with Gasteiger partial charge in [-0.05, 0) is 48.4 Å². The molecule has 6 nitrogen and oxygen atoms in total. The number of H-pyrrole nitrogens is 1. The van der Waals surface area contributed by atoms with Gasteiger partial charge in [-0.1, -0.05) is 30.3 Å². The molecule has 2 aromatic carbocycles. The fourth-order valence-electron chi connectivity index (χ4n) is 2.47. The highest BCUT2D eigenvalue weighted by Crippen LogP contribution is 2.16. The molecule has 0 saturated heterocycles. The van der Waals surface area contributed by atoms with Crippen LogP contribution in [0.1, 0.15) is 15.9 Å². The Hall–Kier alpha value is -3.25. The first-order valence-electron chi connectivity index (χ1n) is 7.71. The molecule has 2 N–H and O–H groups in total. The zero-order chi connectivity index (χ0) is 18.8. The summed E-state index contributed by atoms with van der Waals surface area (Å²) in [6, 6.07) is 11.4. The van der Waals surface area contributed by atoms with E-state index in [9.17, 15) is 14.7 Å². The number of carboxylic acids is 1. The SMILES string of the molecule is C=c1[nH]n(-c2ccc(Cl)cc2)c(=O)/c1=C\Nc1cc(C(=O)[O-])ccc1C. The molecule has 1 aromatic heterocycles. The van der Waals surface area contributed by atoms with Gasteiger partial charge in [-0.15, -0.1) is 0 Å². The number of nitrogens with one attached hydrogen (secondary N) is 2. The van der Waals surface area contributed by atoms with Crippen molar-refractivity contribution in [1.29, 1.82) is 0 Å². The van der Waals surface area contributed by atoms with E-state index in [-0.39, 0.29) is 11.1 Å². The summed E-state index contributed by atoms with van der Waals surface area (Å²) in [5, 5.41) is 18.2. The lowest BCUT2D eigenvalue weighted by molar-refractivity contribution is -0.255. The van der Waals surface area contributed by atoms with Crippen LogP contribution in [0.5, 0.6) is 0 Å². The van der Waals surface area contributed by atoms with Crippen molar-refractivity contribution in [1.82, 2.24) is 9.78 Å². The number of nitrogens with zero attached hydrogens (tertiary/aromatic N) is 1. The van der Waals surface area contributed by atoms with Gasteiger partial charge in [-0.25, -0.2) is 4.68 Å². The minimum atomic E-state index is -1.27. The molecule has 3 aromatic rings. The zero-order valence-corrected chi connectivity index (χ0v) is 14.6. The lowest BCUT2D eigenvalue weighted by atomic mass is 10.1. The third-order valence-electron chi connectivity index (χ3n) is 3.94. The quantitative estimate of drug-likeness (QED) is 0.711. The molecule has 0 aliphatic carbocycles. The van der Waals surface area contributed by atoms with Gasteiger partial charge >= 0.3 is 0 Å². The number of carbonyl (C=O) groups excluding carboxylic acids is 1. The number of aromatic carboxylic acids is 1. The van der Waals surface area contributed by atoms with Crippen LogP contribution in [0.4, 0.5) is 5.69 Å². The van der Waals surface area contributed by atoms with Gasteiger partial charge in [0, 0.05) is 16.9 Å². The Morgan fingerprint density at radius 1 is 1.27 bits per heavy atom. The Kier molecular flexibility index (Phi) is 4.69. The van der Waals surface area contributed by atoms with Crippen molar-refractivity contribution in [3.8, 4) is 5.69 Å². The first kappa shape index (κ1) is 17.6. The molecule has 0 saturated carbocycles. The molecule has 0 amide bonds. The second-order valence-electron chi connectivity index (χ2n) is 5.73. The molecule has 0 bridgehead atoms. The van der Waals surface area contributed by atoms with Crippen molar-refractivity contribution < 1.29 is 9.90 Å². The summed E-state index contributed by atoms with van der Waals surface area (Å²) in [4.78, 5) is 23.6. The Morgan fingerprint density at radius 3 is 2.62 bits per heavy atom. The van der Waals surface area contributed by atoms with E-state index in [0.29, 0.717) is 27.0 Å². The number of aromatic amines is 1. The lowest BCUT2D eigenvalue weighted by Gasteiger charge is -2.09. The summed E-state index contributed by atoms with van der Waals surface area (Å²) >= 11 is 5.87. The summed E-state index contributed by atoms with van der Waals surface area (Å²) in [5.74, 6) is -1.27. The van der Waals surface area contributed by atoms with E-state index in [1.807, 2.05) is 6.92 Å². The van der Waals surface area contributed by atoms with Gasteiger partial charge in [0.2, 0.25) is 0 Å². The first-order chi connectivity index (χ1) is 12.4. The number of benzene rings is 2. The number of hydrogen-bond acceptors (Lipinski definition) is 4. The molecule has 0 spiro atoms. The molecule has 132 valence electrons. The molecular formula is C19H15ClN3O3-. The molecule has 1 heterocycles. The number of aromatic nitrogens is 2.